The minimum Gasteiger partial charge on any atom is -0.398 e. The van der Waals surface area contributed by atoms with E-state index in [1.807, 2.05) is 17.5 Å². The van der Waals surface area contributed by atoms with Gasteiger partial charge in [0.25, 0.3) is 5.91 Å². The van der Waals surface area contributed by atoms with Crippen LogP contribution in [0.4, 0.5) is 11.4 Å². The zero-order valence-electron chi connectivity index (χ0n) is 9.74. The molecule has 0 aliphatic rings. The average molecular weight is 292 g/mol. The van der Waals surface area contributed by atoms with Crippen LogP contribution in [0.1, 0.15) is 10.5 Å². The van der Waals surface area contributed by atoms with Crippen molar-refractivity contribution in [3.05, 3.63) is 46.4 Å². The first-order valence-corrected chi connectivity index (χ1v) is 6.82. The van der Waals surface area contributed by atoms with Gasteiger partial charge in [0.15, 0.2) is 0 Å². The fourth-order valence-corrected chi connectivity index (χ4v) is 2.74. The average Bonchev–Trinajstić information content (AvgIpc) is 2.94. The lowest BCUT2D eigenvalue weighted by Crippen LogP contribution is -2.12. The predicted molar refractivity (Wildman–Crippen MR) is 80.0 cm³/mol. The van der Waals surface area contributed by atoms with Crippen molar-refractivity contribution in [1.82, 2.24) is 4.98 Å². The summed E-state index contributed by atoms with van der Waals surface area (Å²) < 4.78 is 1.06. The van der Waals surface area contributed by atoms with Gasteiger partial charge in [0.2, 0.25) is 0 Å². The van der Waals surface area contributed by atoms with Gasteiger partial charge in [-0.1, -0.05) is 11.6 Å². The summed E-state index contributed by atoms with van der Waals surface area (Å²) in [5.74, 6) is -0.204. The second-order valence-electron chi connectivity index (χ2n) is 4.07. The standard InChI is InChI=1S/C13H10ClN3OS/c14-8-5-7(1-2-9(8)15)16-13(18)11-6-12-10(17-11)3-4-19-12/h1-6,17H,15H2,(H,16,18). The summed E-state index contributed by atoms with van der Waals surface area (Å²) in [5, 5.41) is 5.17. The molecule has 0 saturated heterocycles. The zero-order chi connectivity index (χ0) is 13.4. The molecule has 0 fully saturated rings. The van der Waals surface area contributed by atoms with Gasteiger partial charge in [0, 0.05) is 5.69 Å². The van der Waals surface area contributed by atoms with E-state index in [0.29, 0.717) is 22.1 Å². The number of rotatable bonds is 2. The van der Waals surface area contributed by atoms with Gasteiger partial charge in [-0.2, -0.15) is 0 Å². The third-order valence-corrected chi connectivity index (χ3v) is 3.93. The van der Waals surface area contributed by atoms with Crippen LogP contribution in [0.15, 0.2) is 35.7 Å². The van der Waals surface area contributed by atoms with Crippen molar-refractivity contribution in [2.75, 3.05) is 11.1 Å². The number of hydrogen-bond acceptors (Lipinski definition) is 3. The zero-order valence-corrected chi connectivity index (χ0v) is 11.3. The maximum atomic E-state index is 12.1. The number of nitrogens with one attached hydrogen (secondary N) is 2. The molecule has 0 unspecified atom stereocenters. The number of nitrogen functional groups attached to an aromatic ring is 1. The Morgan fingerprint density at radius 3 is 2.89 bits per heavy atom. The molecule has 0 radical (unpaired) electrons. The predicted octanol–water partition coefficient (Wildman–Crippen LogP) is 3.72. The Morgan fingerprint density at radius 2 is 2.16 bits per heavy atom. The number of nitrogens with two attached hydrogens (primary N) is 1. The van der Waals surface area contributed by atoms with E-state index in [0.717, 1.165) is 10.2 Å². The van der Waals surface area contributed by atoms with Crippen LogP contribution < -0.4 is 11.1 Å². The van der Waals surface area contributed by atoms with E-state index >= 15 is 0 Å². The number of aromatic nitrogens is 1. The van der Waals surface area contributed by atoms with E-state index in [2.05, 4.69) is 10.3 Å². The van der Waals surface area contributed by atoms with Crippen molar-refractivity contribution in [3.63, 3.8) is 0 Å². The molecule has 4 N–H and O–H groups in total. The number of benzene rings is 1. The van der Waals surface area contributed by atoms with Crippen molar-refractivity contribution in [2.45, 2.75) is 0 Å². The van der Waals surface area contributed by atoms with Crippen LogP contribution in [0, 0.1) is 0 Å². The van der Waals surface area contributed by atoms with E-state index in [1.165, 1.54) is 0 Å². The Balaban J connectivity index is 1.84. The lowest BCUT2D eigenvalue weighted by molar-refractivity contribution is 0.102. The highest BCUT2D eigenvalue weighted by Gasteiger charge is 2.10. The number of carbonyl (C=O) groups is 1. The fourth-order valence-electron chi connectivity index (χ4n) is 1.77. The second-order valence-corrected chi connectivity index (χ2v) is 5.43. The summed E-state index contributed by atoms with van der Waals surface area (Å²) >= 11 is 7.50. The lowest BCUT2D eigenvalue weighted by Gasteiger charge is -2.05. The summed E-state index contributed by atoms with van der Waals surface area (Å²) in [7, 11) is 0. The maximum absolute atomic E-state index is 12.1. The molecule has 3 aromatic rings. The third kappa shape index (κ3) is 2.30. The molecule has 19 heavy (non-hydrogen) atoms. The molecule has 0 atom stereocenters. The van der Waals surface area contributed by atoms with Crippen LogP contribution in [0.3, 0.4) is 0 Å². The van der Waals surface area contributed by atoms with Crippen molar-refractivity contribution in [1.29, 1.82) is 0 Å². The molecule has 0 bridgehead atoms. The maximum Gasteiger partial charge on any atom is 0.272 e. The molecule has 2 heterocycles. The van der Waals surface area contributed by atoms with Gasteiger partial charge in [-0.15, -0.1) is 11.3 Å². The van der Waals surface area contributed by atoms with E-state index in [9.17, 15) is 4.79 Å². The summed E-state index contributed by atoms with van der Waals surface area (Å²) in [5.41, 5.74) is 8.20. The molecule has 0 saturated carbocycles. The molecule has 96 valence electrons. The van der Waals surface area contributed by atoms with E-state index < -0.39 is 0 Å². The number of aromatic amines is 1. The SMILES string of the molecule is Nc1ccc(NC(=O)c2cc3sccc3[nH]2)cc1Cl. The Bertz CT molecular complexity index is 734. The highest BCUT2D eigenvalue weighted by Crippen LogP contribution is 2.24. The molecule has 0 spiro atoms. The van der Waals surface area contributed by atoms with Crippen LogP contribution in [0.25, 0.3) is 10.2 Å². The van der Waals surface area contributed by atoms with Gasteiger partial charge >= 0.3 is 0 Å². The molecule has 0 aliphatic carbocycles. The number of carbonyl (C=O) groups excluding carboxylic acids is 1. The highest BCUT2D eigenvalue weighted by molar-refractivity contribution is 7.17. The smallest absolute Gasteiger partial charge is 0.272 e. The molecular weight excluding hydrogens is 282 g/mol. The van der Waals surface area contributed by atoms with Crippen LogP contribution >= 0.6 is 22.9 Å². The quantitative estimate of drug-likeness (QED) is 0.630. The third-order valence-electron chi connectivity index (χ3n) is 2.74. The molecule has 1 aromatic carbocycles. The van der Waals surface area contributed by atoms with Crippen molar-refractivity contribution in [2.24, 2.45) is 0 Å². The Kier molecular flexibility index (Phi) is 2.93. The van der Waals surface area contributed by atoms with Crippen molar-refractivity contribution >= 4 is 50.4 Å². The number of halogens is 1. The van der Waals surface area contributed by atoms with Crippen molar-refractivity contribution in [3.8, 4) is 0 Å². The van der Waals surface area contributed by atoms with Crippen LogP contribution in [0.2, 0.25) is 5.02 Å². The van der Waals surface area contributed by atoms with Gasteiger partial charge in [-0.3, -0.25) is 4.79 Å². The van der Waals surface area contributed by atoms with E-state index in [4.69, 9.17) is 17.3 Å². The van der Waals surface area contributed by atoms with Crippen LogP contribution in [0.5, 0.6) is 0 Å². The molecule has 2 aromatic heterocycles. The van der Waals surface area contributed by atoms with E-state index in [1.54, 1.807) is 29.5 Å². The monoisotopic (exact) mass is 291 g/mol. The van der Waals surface area contributed by atoms with E-state index in [-0.39, 0.29) is 5.91 Å². The fraction of sp³-hybridized carbons (Fsp3) is 0. The first kappa shape index (κ1) is 12.1. The Morgan fingerprint density at radius 1 is 1.32 bits per heavy atom. The van der Waals surface area contributed by atoms with Crippen LogP contribution in [-0.4, -0.2) is 10.9 Å². The summed E-state index contributed by atoms with van der Waals surface area (Å²) in [6.45, 7) is 0. The van der Waals surface area contributed by atoms with Gasteiger partial charge in [0.1, 0.15) is 5.69 Å². The summed E-state index contributed by atoms with van der Waals surface area (Å²) in [6.07, 6.45) is 0. The molecule has 3 rings (SSSR count). The Labute approximate surface area is 118 Å². The summed E-state index contributed by atoms with van der Waals surface area (Å²) in [4.78, 5) is 15.1. The minimum atomic E-state index is -0.204. The van der Waals surface area contributed by atoms with Gasteiger partial charge in [-0.05, 0) is 35.7 Å². The van der Waals surface area contributed by atoms with Crippen molar-refractivity contribution < 1.29 is 4.79 Å². The second kappa shape index (κ2) is 4.60. The number of amides is 1. The minimum absolute atomic E-state index is 0.204. The number of anilines is 2. The number of hydrogen-bond donors (Lipinski definition) is 3. The van der Waals surface area contributed by atoms with Gasteiger partial charge in [-0.25, -0.2) is 0 Å². The molecule has 0 aliphatic heterocycles. The number of H-pyrrole nitrogens is 1. The highest BCUT2D eigenvalue weighted by atomic mass is 35.5. The molecule has 1 amide bonds. The number of thiophene rings is 1. The summed E-state index contributed by atoms with van der Waals surface area (Å²) in [6, 6.07) is 8.76. The molecular formula is C13H10ClN3OS. The first-order valence-electron chi connectivity index (χ1n) is 5.56. The van der Waals surface area contributed by atoms with Gasteiger partial charge in [0.05, 0.1) is 20.9 Å². The first-order chi connectivity index (χ1) is 9.13. The van der Waals surface area contributed by atoms with Gasteiger partial charge < -0.3 is 16.0 Å². The van der Waals surface area contributed by atoms with Crippen LogP contribution in [-0.2, 0) is 0 Å². The largest absolute Gasteiger partial charge is 0.398 e. The Hall–Kier alpha value is -1.98. The topological polar surface area (TPSA) is 70.9 Å². The lowest BCUT2D eigenvalue weighted by atomic mass is 10.2. The number of fused-ring (bicyclic) bond motifs is 1. The molecule has 4 nitrogen and oxygen atoms in total. The normalized spacial score (nSPS) is 10.8. The molecule has 6 heteroatoms.